The van der Waals surface area contributed by atoms with E-state index >= 15 is 0 Å². The van der Waals surface area contributed by atoms with E-state index in [4.69, 9.17) is 4.52 Å². The SMILES string of the molecule is Cc1noc(C)c1S(=O)(=O)N1CCC(C(=O)N[C@H](C)c2ccncc2)CC1. The smallest absolute Gasteiger partial charge is 0.248 e. The number of aromatic nitrogens is 2. The molecule has 0 saturated carbocycles. The molecule has 0 aromatic carbocycles. The minimum absolute atomic E-state index is 0.0475. The largest absolute Gasteiger partial charge is 0.360 e. The van der Waals surface area contributed by atoms with Gasteiger partial charge in [0, 0.05) is 31.4 Å². The van der Waals surface area contributed by atoms with Crippen LogP contribution >= 0.6 is 0 Å². The summed E-state index contributed by atoms with van der Waals surface area (Å²) in [5.41, 5.74) is 1.34. The van der Waals surface area contributed by atoms with Gasteiger partial charge in [0.15, 0.2) is 5.76 Å². The number of nitrogens with zero attached hydrogens (tertiary/aromatic N) is 3. The van der Waals surface area contributed by atoms with Crippen molar-refractivity contribution < 1.29 is 17.7 Å². The zero-order valence-electron chi connectivity index (χ0n) is 15.7. The van der Waals surface area contributed by atoms with E-state index in [0.29, 0.717) is 37.4 Å². The van der Waals surface area contributed by atoms with Crippen LogP contribution in [0.5, 0.6) is 0 Å². The molecule has 1 fully saturated rings. The number of carbonyl (C=O) groups is 1. The van der Waals surface area contributed by atoms with Crippen LogP contribution in [0.3, 0.4) is 0 Å². The zero-order valence-corrected chi connectivity index (χ0v) is 16.5. The highest BCUT2D eigenvalue weighted by molar-refractivity contribution is 7.89. The number of nitrogens with one attached hydrogen (secondary N) is 1. The molecule has 1 atom stereocenters. The minimum atomic E-state index is -3.66. The number of piperidine rings is 1. The summed E-state index contributed by atoms with van der Waals surface area (Å²) in [6.07, 6.45) is 4.35. The summed E-state index contributed by atoms with van der Waals surface area (Å²) >= 11 is 0. The zero-order chi connectivity index (χ0) is 19.6. The molecule has 8 nitrogen and oxygen atoms in total. The van der Waals surface area contributed by atoms with Gasteiger partial charge in [0.1, 0.15) is 10.6 Å². The highest BCUT2D eigenvalue weighted by Gasteiger charge is 2.35. The lowest BCUT2D eigenvalue weighted by Gasteiger charge is -2.31. The van der Waals surface area contributed by atoms with Crippen molar-refractivity contribution in [3.05, 3.63) is 41.5 Å². The number of pyridine rings is 1. The number of rotatable bonds is 5. The second-order valence-electron chi connectivity index (χ2n) is 6.84. The lowest BCUT2D eigenvalue weighted by molar-refractivity contribution is -0.126. The van der Waals surface area contributed by atoms with E-state index < -0.39 is 10.0 Å². The van der Waals surface area contributed by atoms with Crippen molar-refractivity contribution in [2.24, 2.45) is 5.92 Å². The summed E-state index contributed by atoms with van der Waals surface area (Å²) in [6, 6.07) is 3.61. The van der Waals surface area contributed by atoms with Crippen LogP contribution in [-0.4, -0.2) is 41.9 Å². The number of aryl methyl sites for hydroxylation is 2. The van der Waals surface area contributed by atoms with Gasteiger partial charge in [-0.1, -0.05) is 5.16 Å². The third-order valence-corrected chi connectivity index (χ3v) is 7.10. The first-order chi connectivity index (χ1) is 12.8. The van der Waals surface area contributed by atoms with Crippen molar-refractivity contribution in [1.82, 2.24) is 19.8 Å². The molecule has 0 aliphatic carbocycles. The third-order valence-electron chi connectivity index (χ3n) is 4.96. The molecule has 0 spiro atoms. The number of hydrogen-bond donors (Lipinski definition) is 1. The fourth-order valence-corrected chi connectivity index (χ4v) is 5.16. The maximum absolute atomic E-state index is 12.8. The van der Waals surface area contributed by atoms with Crippen LogP contribution in [0, 0.1) is 19.8 Å². The number of sulfonamides is 1. The Morgan fingerprint density at radius 1 is 1.26 bits per heavy atom. The Morgan fingerprint density at radius 3 is 2.44 bits per heavy atom. The van der Waals surface area contributed by atoms with Gasteiger partial charge in [0.2, 0.25) is 15.9 Å². The number of hydrogen-bond acceptors (Lipinski definition) is 6. The number of carbonyl (C=O) groups excluding carboxylic acids is 1. The van der Waals surface area contributed by atoms with Crippen LogP contribution in [0.2, 0.25) is 0 Å². The van der Waals surface area contributed by atoms with Gasteiger partial charge in [-0.25, -0.2) is 8.42 Å². The van der Waals surface area contributed by atoms with Crippen LogP contribution < -0.4 is 5.32 Å². The fourth-order valence-electron chi connectivity index (χ4n) is 3.40. The van der Waals surface area contributed by atoms with E-state index in [1.165, 1.54) is 4.31 Å². The summed E-state index contributed by atoms with van der Waals surface area (Å²) in [4.78, 5) is 16.7. The van der Waals surface area contributed by atoms with E-state index in [2.05, 4.69) is 15.5 Å². The molecule has 1 saturated heterocycles. The molecule has 0 unspecified atom stereocenters. The lowest BCUT2D eigenvalue weighted by atomic mass is 9.96. The molecule has 1 N–H and O–H groups in total. The van der Waals surface area contributed by atoms with Crippen molar-refractivity contribution >= 4 is 15.9 Å². The molecule has 0 bridgehead atoms. The molecule has 2 aromatic heterocycles. The van der Waals surface area contributed by atoms with E-state index in [9.17, 15) is 13.2 Å². The van der Waals surface area contributed by atoms with E-state index in [1.807, 2.05) is 19.1 Å². The molecular formula is C18H24N4O4S. The first kappa shape index (κ1) is 19.5. The first-order valence-corrected chi connectivity index (χ1v) is 10.4. The van der Waals surface area contributed by atoms with Crippen molar-refractivity contribution in [3.8, 4) is 0 Å². The van der Waals surface area contributed by atoms with Crippen molar-refractivity contribution in [2.75, 3.05) is 13.1 Å². The van der Waals surface area contributed by atoms with E-state index in [1.54, 1.807) is 26.2 Å². The minimum Gasteiger partial charge on any atom is -0.360 e. The van der Waals surface area contributed by atoms with Crippen molar-refractivity contribution in [3.63, 3.8) is 0 Å². The Labute approximate surface area is 159 Å². The van der Waals surface area contributed by atoms with E-state index in [0.717, 1.165) is 5.56 Å². The van der Waals surface area contributed by atoms with Gasteiger partial charge in [0.25, 0.3) is 0 Å². The van der Waals surface area contributed by atoms with Crippen molar-refractivity contribution in [1.29, 1.82) is 0 Å². The molecule has 3 rings (SSSR count). The average Bonchev–Trinajstić information content (AvgIpc) is 3.01. The van der Waals surface area contributed by atoms with Crippen LogP contribution in [-0.2, 0) is 14.8 Å². The molecule has 1 aliphatic rings. The number of amides is 1. The monoisotopic (exact) mass is 392 g/mol. The van der Waals surface area contributed by atoms with Gasteiger partial charge in [-0.2, -0.15) is 4.31 Å². The summed E-state index contributed by atoms with van der Waals surface area (Å²) in [5, 5.41) is 6.74. The normalized spacial score (nSPS) is 17.6. The molecule has 27 heavy (non-hydrogen) atoms. The Balaban J connectivity index is 1.61. The van der Waals surface area contributed by atoms with Gasteiger partial charge in [-0.05, 0) is 51.3 Å². The lowest BCUT2D eigenvalue weighted by Crippen LogP contribution is -2.43. The summed E-state index contributed by atoms with van der Waals surface area (Å²) in [7, 11) is -3.66. The molecule has 9 heteroatoms. The Hall–Kier alpha value is -2.26. The van der Waals surface area contributed by atoms with Crippen LogP contribution in [0.15, 0.2) is 33.9 Å². The first-order valence-electron chi connectivity index (χ1n) is 8.94. The van der Waals surface area contributed by atoms with Crippen LogP contribution in [0.4, 0.5) is 0 Å². The molecule has 1 aliphatic heterocycles. The van der Waals surface area contributed by atoms with Gasteiger partial charge in [-0.3, -0.25) is 9.78 Å². The standard InChI is InChI=1S/C18H24N4O4S/c1-12(15-4-8-19-9-5-15)20-18(23)16-6-10-22(11-7-16)27(24,25)17-13(2)21-26-14(17)3/h4-5,8-9,12,16H,6-7,10-11H2,1-3H3,(H,20,23)/t12-/m1/s1. The van der Waals surface area contributed by atoms with Crippen LogP contribution in [0.25, 0.3) is 0 Å². The highest BCUT2D eigenvalue weighted by Crippen LogP contribution is 2.28. The molecular weight excluding hydrogens is 368 g/mol. The third kappa shape index (κ3) is 4.03. The Kier molecular flexibility index (Phi) is 5.61. The van der Waals surface area contributed by atoms with Gasteiger partial charge < -0.3 is 9.84 Å². The predicted molar refractivity (Wildman–Crippen MR) is 98.3 cm³/mol. The molecule has 146 valence electrons. The predicted octanol–water partition coefficient (Wildman–Crippen LogP) is 1.96. The summed E-state index contributed by atoms with van der Waals surface area (Å²) < 4.78 is 32.1. The maximum Gasteiger partial charge on any atom is 0.248 e. The fraction of sp³-hybridized carbons (Fsp3) is 0.500. The topological polar surface area (TPSA) is 105 Å². The summed E-state index contributed by atoms with van der Waals surface area (Å²) in [5.74, 6) is 0.0395. The Bertz CT molecular complexity index is 883. The highest BCUT2D eigenvalue weighted by atomic mass is 32.2. The van der Waals surface area contributed by atoms with Gasteiger partial charge in [0.05, 0.1) is 6.04 Å². The molecule has 2 aromatic rings. The maximum atomic E-state index is 12.8. The molecule has 3 heterocycles. The average molecular weight is 392 g/mol. The molecule has 0 radical (unpaired) electrons. The summed E-state index contributed by atoms with van der Waals surface area (Å²) in [6.45, 7) is 5.73. The molecule has 1 amide bonds. The van der Waals surface area contributed by atoms with Crippen LogP contribution in [0.1, 0.15) is 42.8 Å². The quantitative estimate of drug-likeness (QED) is 0.834. The van der Waals surface area contributed by atoms with Crippen molar-refractivity contribution in [2.45, 2.75) is 44.6 Å². The second kappa shape index (κ2) is 7.77. The Morgan fingerprint density at radius 2 is 1.89 bits per heavy atom. The second-order valence-corrected chi connectivity index (χ2v) is 8.72. The van der Waals surface area contributed by atoms with Gasteiger partial charge in [-0.15, -0.1) is 0 Å². The van der Waals surface area contributed by atoms with Gasteiger partial charge >= 0.3 is 0 Å². The van der Waals surface area contributed by atoms with E-state index in [-0.39, 0.29) is 22.8 Å².